The lowest BCUT2D eigenvalue weighted by Gasteiger charge is -2.16. The number of nitrogens with two attached hydrogens (primary N) is 1. The second-order valence-electron chi connectivity index (χ2n) is 6.52. The molecule has 0 aromatic heterocycles. The van der Waals surface area contributed by atoms with E-state index in [-0.39, 0.29) is 30.3 Å². The number of benzene rings is 2. The number of amides is 1. The predicted octanol–water partition coefficient (Wildman–Crippen LogP) is 4.80. The molecule has 2 atom stereocenters. The fraction of sp³-hybridized carbons (Fsp3) is 0.350. The zero-order chi connectivity index (χ0) is 17.6. The number of hydrogen-bond acceptors (Lipinski definition) is 3. The summed E-state index contributed by atoms with van der Waals surface area (Å²) < 4.78 is 5.87. The van der Waals surface area contributed by atoms with Gasteiger partial charge in [-0.1, -0.05) is 42.3 Å². The standard InChI is InChI=1S/C20H23ClN2O2.ClH/c21-16-7-3-5-14(11-16)13-25-19-10-2-1-9-18(19)23-20(24)12-15-6-4-8-17(15)22;/h1-3,5,7,9-11,15,17H,4,6,8,12-13,22H2,(H,23,24);1H/t15-,17+;/m0./s1. The van der Waals surface area contributed by atoms with Gasteiger partial charge in [-0.05, 0) is 48.6 Å². The molecule has 26 heavy (non-hydrogen) atoms. The Morgan fingerprint density at radius 1 is 1.19 bits per heavy atom. The number of hydrogen-bond donors (Lipinski definition) is 2. The van der Waals surface area contributed by atoms with E-state index in [2.05, 4.69) is 5.32 Å². The Morgan fingerprint density at radius 3 is 2.73 bits per heavy atom. The van der Waals surface area contributed by atoms with Gasteiger partial charge < -0.3 is 15.8 Å². The third-order valence-corrected chi connectivity index (χ3v) is 4.85. The number of ether oxygens (including phenoxy) is 1. The van der Waals surface area contributed by atoms with Crippen LogP contribution in [0.3, 0.4) is 0 Å². The van der Waals surface area contributed by atoms with E-state index in [1.54, 1.807) is 0 Å². The van der Waals surface area contributed by atoms with E-state index in [1.165, 1.54) is 0 Å². The second-order valence-corrected chi connectivity index (χ2v) is 6.96. The Hall–Kier alpha value is -1.75. The van der Waals surface area contributed by atoms with E-state index in [0.29, 0.717) is 29.5 Å². The van der Waals surface area contributed by atoms with Crippen LogP contribution in [0.25, 0.3) is 0 Å². The molecule has 3 N–H and O–H groups in total. The molecule has 140 valence electrons. The number of carbonyl (C=O) groups excluding carboxylic acids is 1. The van der Waals surface area contributed by atoms with Crippen LogP contribution in [0, 0.1) is 5.92 Å². The van der Waals surface area contributed by atoms with Crippen LogP contribution in [0.5, 0.6) is 5.75 Å². The molecule has 0 radical (unpaired) electrons. The van der Waals surface area contributed by atoms with Crippen LogP contribution in [-0.2, 0) is 11.4 Å². The maximum Gasteiger partial charge on any atom is 0.224 e. The molecule has 0 unspecified atom stereocenters. The first-order chi connectivity index (χ1) is 12.1. The SMILES string of the molecule is Cl.N[C@@H]1CCC[C@H]1CC(=O)Nc1ccccc1OCc1cccc(Cl)c1. The molecule has 1 fully saturated rings. The predicted molar refractivity (Wildman–Crippen MR) is 108 cm³/mol. The molecule has 2 aromatic carbocycles. The van der Waals surface area contributed by atoms with E-state index in [1.807, 2.05) is 48.5 Å². The maximum absolute atomic E-state index is 12.3. The van der Waals surface area contributed by atoms with E-state index >= 15 is 0 Å². The summed E-state index contributed by atoms with van der Waals surface area (Å²) in [4.78, 5) is 12.3. The summed E-state index contributed by atoms with van der Waals surface area (Å²) in [5, 5.41) is 3.64. The van der Waals surface area contributed by atoms with E-state index in [0.717, 1.165) is 24.8 Å². The Morgan fingerprint density at radius 2 is 2.00 bits per heavy atom. The molecular formula is C20H24Cl2N2O2. The van der Waals surface area contributed by atoms with Gasteiger partial charge in [0.15, 0.2) is 0 Å². The lowest BCUT2D eigenvalue weighted by Crippen LogP contribution is -2.28. The molecule has 1 aliphatic carbocycles. The van der Waals surface area contributed by atoms with Crippen LogP contribution in [-0.4, -0.2) is 11.9 Å². The Bertz CT molecular complexity index is 739. The van der Waals surface area contributed by atoms with Crippen LogP contribution in [0.2, 0.25) is 5.02 Å². The molecule has 3 rings (SSSR count). The largest absolute Gasteiger partial charge is 0.487 e. The van der Waals surface area contributed by atoms with Gasteiger partial charge in [-0.2, -0.15) is 0 Å². The summed E-state index contributed by atoms with van der Waals surface area (Å²) in [5.74, 6) is 0.909. The molecule has 2 aromatic rings. The highest BCUT2D eigenvalue weighted by Crippen LogP contribution is 2.29. The van der Waals surface area contributed by atoms with Crippen molar-refractivity contribution >= 4 is 35.6 Å². The quantitative estimate of drug-likeness (QED) is 0.739. The minimum atomic E-state index is -0.0128. The monoisotopic (exact) mass is 394 g/mol. The van der Waals surface area contributed by atoms with Gasteiger partial charge in [-0.3, -0.25) is 4.79 Å². The third kappa shape index (κ3) is 5.63. The Kier molecular flexibility index (Phi) is 7.76. The molecular weight excluding hydrogens is 371 g/mol. The molecule has 0 spiro atoms. The Balaban J connectivity index is 0.00000243. The van der Waals surface area contributed by atoms with Crippen molar-refractivity contribution in [2.24, 2.45) is 11.7 Å². The summed E-state index contributed by atoms with van der Waals surface area (Å²) in [5.41, 5.74) is 7.72. The topological polar surface area (TPSA) is 64.4 Å². The fourth-order valence-corrected chi connectivity index (χ4v) is 3.45. The highest BCUT2D eigenvalue weighted by molar-refractivity contribution is 6.30. The summed E-state index contributed by atoms with van der Waals surface area (Å²) >= 11 is 6.00. The number of para-hydroxylation sites is 2. The van der Waals surface area contributed by atoms with Gasteiger partial charge in [0.05, 0.1) is 5.69 Å². The number of rotatable bonds is 6. The van der Waals surface area contributed by atoms with Crippen molar-refractivity contribution in [3.63, 3.8) is 0 Å². The first-order valence-electron chi connectivity index (χ1n) is 8.63. The molecule has 6 heteroatoms. The van der Waals surface area contributed by atoms with Crippen LogP contribution in [0.1, 0.15) is 31.2 Å². The van der Waals surface area contributed by atoms with Gasteiger partial charge in [-0.25, -0.2) is 0 Å². The van der Waals surface area contributed by atoms with E-state index in [4.69, 9.17) is 22.1 Å². The zero-order valence-electron chi connectivity index (χ0n) is 14.5. The molecule has 0 aliphatic heterocycles. The fourth-order valence-electron chi connectivity index (χ4n) is 3.24. The average Bonchev–Trinajstić information content (AvgIpc) is 2.99. The lowest BCUT2D eigenvalue weighted by atomic mass is 10.00. The summed E-state index contributed by atoms with van der Waals surface area (Å²) in [6.45, 7) is 0.390. The van der Waals surface area contributed by atoms with Crippen LogP contribution < -0.4 is 15.8 Å². The van der Waals surface area contributed by atoms with Crippen LogP contribution in [0.15, 0.2) is 48.5 Å². The molecule has 4 nitrogen and oxygen atoms in total. The van der Waals surface area contributed by atoms with Crippen LogP contribution in [0.4, 0.5) is 5.69 Å². The molecule has 1 saturated carbocycles. The van der Waals surface area contributed by atoms with E-state index in [9.17, 15) is 4.79 Å². The van der Waals surface area contributed by atoms with Gasteiger partial charge in [-0.15, -0.1) is 12.4 Å². The molecule has 0 saturated heterocycles. The van der Waals surface area contributed by atoms with Gasteiger partial charge in [0.25, 0.3) is 0 Å². The van der Waals surface area contributed by atoms with Gasteiger partial charge in [0.1, 0.15) is 12.4 Å². The van der Waals surface area contributed by atoms with Crippen molar-refractivity contribution in [1.29, 1.82) is 0 Å². The highest BCUT2D eigenvalue weighted by Gasteiger charge is 2.26. The lowest BCUT2D eigenvalue weighted by molar-refractivity contribution is -0.117. The molecule has 0 heterocycles. The van der Waals surface area contributed by atoms with Crippen molar-refractivity contribution < 1.29 is 9.53 Å². The average molecular weight is 395 g/mol. The van der Waals surface area contributed by atoms with Crippen molar-refractivity contribution in [1.82, 2.24) is 0 Å². The zero-order valence-corrected chi connectivity index (χ0v) is 16.1. The number of carbonyl (C=O) groups is 1. The number of halogens is 2. The summed E-state index contributed by atoms with van der Waals surface area (Å²) in [6, 6.07) is 15.1. The minimum absolute atomic E-state index is 0. The summed E-state index contributed by atoms with van der Waals surface area (Å²) in [6.07, 6.45) is 3.61. The molecule has 1 aliphatic rings. The first kappa shape index (κ1) is 20.6. The van der Waals surface area contributed by atoms with Crippen molar-refractivity contribution in [2.75, 3.05) is 5.32 Å². The highest BCUT2D eigenvalue weighted by atomic mass is 35.5. The smallest absolute Gasteiger partial charge is 0.224 e. The maximum atomic E-state index is 12.3. The third-order valence-electron chi connectivity index (χ3n) is 4.61. The van der Waals surface area contributed by atoms with Gasteiger partial charge >= 0.3 is 0 Å². The first-order valence-corrected chi connectivity index (χ1v) is 9.01. The molecule has 1 amide bonds. The number of nitrogens with one attached hydrogen (secondary N) is 1. The normalized spacial score (nSPS) is 18.8. The minimum Gasteiger partial charge on any atom is -0.487 e. The van der Waals surface area contributed by atoms with Crippen molar-refractivity contribution in [3.05, 3.63) is 59.1 Å². The van der Waals surface area contributed by atoms with Crippen molar-refractivity contribution in [3.8, 4) is 5.75 Å². The molecule has 0 bridgehead atoms. The van der Waals surface area contributed by atoms with Crippen LogP contribution >= 0.6 is 24.0 Å². The Labute approximate surface area is 165 Å². The number of anilines is 1. The summed E-state index contributed by atoms with van der Waals surface area (Å²) in [7, 11) is 0. The second kappa shape index (κ2) is 9.81. The van der Waals surface area contributed by atoms with Gasteiger partial charge in [0, 0.05) is 17.5 Å². The van der Waals surface area contributed by atoms with Crippen molar-refractivity contribution in [2.45, 2.75) is 38.3 Å². The van der Waals surface area contributed by atoms with E-state index < -0.39 is 0 Å². The van der Waals surface area contributed by atoms with Gasteiger partial charge in [0.2, 0.25) is 5.91 Å².